The Hall–Kier alpha value is -3.55. The summed E-state index contributed by atoms with van der Waals surface area (Å²) in [6, 6.07) is 7.44. The van der Waals surface area contributed by atoms with Crippen LogP contribution < -0.4 is 10.2 Å². The van der Waals surface area contributed by atoms with Gasteiger partial charge in [-0.1, -0.05) is 6.07 Å². The number of anilines is 2. The summed E-state index contributed by atoms with van der Waals surface area (Å²) in [5.74, 6) is 1.06. The average molecular weight is 387 g/mol. The number of nitrogens with zero attached hydrogens (tertiary/aromatic N) is 6. The first kappa shape index (κ1) is 16.4. The highest BCUT2D eigenvalue weighted by atomic mass is 19.1. The minimum Gasteiger partial charge on any atom is -0.363 e. The van der Waals surface area contributed by atoms with Gasteiger partial charge in [0.1, 0.15) is 17.2 Å². The van der Waals surface area contributed by atoms with Gasteiger partial charge in [0, 0.05) is 18.1 Å². The molecule has 5 heterocycles. The van der Waals surface area contributed by atoms with Gasteiger partial charge in [-0.2, -0.15) is 0 Å². The first-order valence-electron chi connectivity index (χ1n) is 9.72. The number of fused-ring (bicyclic) bond motifs is 3. The Kier molecular flexibility index (Phi) is 3.53. The maximum atomic E-state index is 13.8. The number of imidazole rings is 1. The molecule has 1 unspecified atom stereocenters. The third kappa shape index (κ3) is 2.55. The van der Waals surface area contributed by atoms with Crippen LogP contribution in [0.5, 0.6) is 0 Å². The fourth-order valence-electron chi connectivity index (χ4n) is 4.37. The lowest BCUT2D eigenvalue weighted by Crippen LogP contribution is -2.31. The first-order valence-corrected chi connectivity index (χ1v) is 9.72. The lowest BCUT2D eigenvalue weighted by Gasteiger charge is -2.33. The summed E-state index contributed by atoms with van der Waals surface area (Å²) < 4.78 is 15.4. The van der Waals surface area contributed by atoms with Crippen molar-refractivity contribution in [2.45, 2.75) is 25.3 Å². The second kappa shape index (κ2) is 6.23. The van der Waals surface area contributed by atoms with Gasteiger partial charge in [-0.3, -0.25) is 9.38 Å². The predicted molar refractivity (Wildman–Crippen MR) is 107 cm³/mol. The Bertz CT molecular complexity index is 1230. The SMILES string of the molecule is Fc1ccc2ncc(-c3ncc4c(n3)N(C3CCCc5ncccc53)CN4)n2c1. The smallest absolute Gasteiger partial charge is 0.180 e. The number of nitrogens with one attached hydrogen (secondary N) is 1. The van der Waals surface area contributed by atoms with Gasteiger partial charge in [-0.15, -0.1) is 0 Å². The van der Waals surface area contributed by atoms with Gasteiger partial charge in [0.05, 0.1) is 30.8 Å². The molecule has 0 radical (unpaired) electrons. The van der Waals surface area contributed by atoms with Gasteiger partial charge in [0.25, 0.3) is 0 Å². The Balaban J connectivity index is 1.44. The molecule has 0 fully saturated rings. The minimum absolute atomic E-state index is 0.226. The second-order valence-electron chi connectivity index (χ2n) is 7.40. The van der Waals surface area contributed by atoms with Gasteiger partial charge < -0.3 is 10.2 Å². The monoisotopic (exact) mass is 387 g/mol. The standard InChI is InChI=1S/C21H18FN7/c22-13-6-7-19-24-10-18(28(19)11-13)20-25-9-16-21(27-20)29(12-26-16)17-5-1-4-15-14(17)3-2-8-23-15/h2-3,6-11,17,26H,1,4-5,12H2. The topological polar surface area (TPSA) is 71.2 Å². The number of aryl methyl sites for hydroxylation is 1. The molecule has 2 aliphatic rings. The van der Waals surface area contributed by atoms with E-state index in [1.165, 1.54) is 23.5 Å². The molecule has 0 spiro atoms. The van der Waals surface area contributed by atoms with Crippen LogP contribution in [0.2, 0.25) is 0 Å². The highest BCUT2D eigenvalue weighted by Crippen LogP contribution is 2.41. The molecule has 1 N–H and O–H groups in total. The van der Waals surface area contributed by atoms with Crippen LogP contribution in [-0.2, 0) is 6.42 Å². The van der Waals surface area contributed by atoms with Crippen molar-refractivity contribution in [3.8, 4) is 11.5 Å². The summed E-state index contributed by atoms with van der Waals surface area (Å²) in [7, 11) is 0. The fourth-order valence-corrected chi connectivity index (χ4v) is 4.37. The Labute approximate surface area is 166 Å². The molecule has 7 nitrogen and oxygen atoms in total. The van der Waals surface area contributed by atoms with E-state index in [-0.39, 0.29) is 11.9 Å². The van der Waals surface area contributed by atoms with Crippen LogP contribution in [0.3, 0.4) is 0 Å². The van der Waals surface area contributed by atoms with E-state index in [4.69, 9.17) is 4.98 Å². The molecule has 0 saturated carbocycles. The normalized spacial score (nSPS) is 17.8. The van der Waals surface area contributed by atoms with Crippen LogP contribution in [0, 0.1) is 5.82 Å². The largest absolute Gasteiger partial charge is 0.363 e. The Morgan fingerprint density at radius 1 is 1.10 bits per heavy atom. The molecule has 29 heavy (non-hydrogen) atoms. The molecule has 1 aliphatic carbocycles. The van der Waals surface area contributed by atoms with Gasteiger partial charge in [0.15, 0.2) is 11.6 Å². The molecular formula is C21H18FN7. The highest BCUT2D eigenvalue weighted by molar-refractivity contribution is 5.73. The summed E-state index contributed by atoms with van der Waals surface area (Å²) in [4.78, 5) is 20.6. The van der Waals surface area contributed by atoms with Gasteiger partial charge in [-0.25, -0.2) is 19.3 Å². The molecule has 0 saturated heterocycles. The van der Waals surface area contributed by atoms with E-state index in [1.54, 1.807) is 22.9 Å². The average Bonchev–Trinajstić information content (AvgIpc) is 3.36. The number of rotatable bonds is 2. The van der Waals surface area contributed by atoms with E-state index < -0.39 is 0 Å². The lowest BCUT2D eigenvalue weighted by molar-refractivity contribution is 0.524. The summed E-state index contributed by atoms with van der Waals surface area (Å²) in [5, 5.41) is 3.40. The molecule has 6 rings (SSSR count). The summed E-state index contributed by atoms with van der Waals surface area (Å²) in [6.45, 7) is 0.675. The Morgan fingerprint density at radius 2 is 2.07 bits per heavy atom. The van der Waals surface area contributed by atoms with E-state index in [2.05, 4.69) is 31.2 Å². The van der Waals surface area contributed by atoms with E-state index in [0.29, 0.717) is 23.8 Å². The van der Waals surface area contributed by atoms with Crippen LogP contribution in [0.25, 0.3) is 17.2 Å². The maximum Gasteiger partial charge on any atom is 0.180 e. The number of hydrogen-bond donors (Lipinski definition) is 1. The molecular weight excluding hydrogens is 369 g/mol. The zero-order valence-corrected chi connectivity index (χ0v) is 15.6. The molecule has 0 aromatic carbocycles. The van der Waals surface area contributed by atoms with E-state index in [1.807, 2.05) is 12.3 Å². The van der Waals surface area contributed by atoms with Crippen molar-refractivity contribution in [2.24, 2.45) is 0 Å². The molecule has 4 aromatic rings. The Morgan fingerprint density at radius 3 is 3.03 bits per heavy atom. The van der Waals surface area contributed by atoms with Crippen LogP contribution in [-0.4, -0.2) is 31.0 Å². The number of hydrogen-bond acceptors (Lipinski definition) is 6. The fraction of sp³-hybridized carbons (Fsp3) is 0.238. The number of halogens is 1. The molecule has 144 valence electrons. The molecule has 0 amide bonds. The zero-order chi connectivity index (χ0) is 19.4. The zero-order valence-electron chi connectivity index (χ0n) is 15.6. The molecule has 8 heteroatoms. The molecule has 0 bridgehead atoms. The van der Waals surface area contributed by atoms with E-state index >= 15 is 0 Å². The van der Waals surface area contributed by atoms with E-state index in [9.17, 15) is 4.39 Å². The predicted octanol–water partition coefficient (Wildman–Crippen LogP) is 3.59. The third-order valence-corrected chi connectivity index (χ3v) is 5.73. The molecule has 1 atom stereocenters. The van der Waals surface area contributed by atoms with Crippen LogP contribution in [0.1, 0.15) is 30.1 Å². The summed E-state index contributed by atoms with van der Waals surface area (Å²) in [5.41, 5.74) is 4.67. The van der Waals surface area contributed by atoms with Crippen molar-refractivity contribution < 1.29 is 4.39 Å². The van der Waals surface area contributed by atoms with Crippen molar-refractivity contribution >= 4 is 17.2 Å². The van der Waals surface area contributed by atoms with Crippen molar-refractivity contribution in [3.05, 3.63) is 66.1 Å². The van der Waals surface area contributed by atoms with Crippen molar-refractivity contribution in [3.63, 3.8) is 0 Å². The van der Waals surface area contributed by atoms with Crippen molar-refractivity contribution in [1.29, 1.82) is 0 Å². The minimum atomic E-state index is -0.326. The van der Waals surface area contributed by atoms with E-state index in [0.717, 1.165) is 30.8 Å². The van der Waals surface area contributed by atoms with Crippen LogP contribution in [0.4, 0.5) is 15.9 Å². The second-order valence-corrected chi connectivity index (χ2v) is 7.40. The lowest BCUT2D eigenvalue weighted by atomic mass is 9.90. The number of aromatic nitrogens is 5. The van der Waals surface area contributed by atoms with Gasteiger partial charge in [-0.05, 0) is 43.0 Å². The summed E-state index contributed by atoms with van der Waals surface area (Å²) >= 11 is 0. The van der Waals surface area contributed by atoms with Crippen LogP contribution >= 0.6 is 0 Å². The maximum absolute atomic E-state index is 13.8. The van der Waals surface area contributed by atoms with Crippen LogP contribution in [0.15, 0.2) is 49.1 Å². The first-order chi connectivity index (χ1) is 14.3. The van der Waals surface area contributed by atoms with Crippen molar-refractivity contribution in [2.75, 3.05) is 16.9 Å². The van der Waals surface area contributed by atoms with Gasteiger partial charge in [0.2, 0.25) is 0 Å². The molecule has 4 aromatic heterocycles. The number of pyridine rings is 2. The summed E-state index contributed by atoms with van der Waals surface area (Å²) in [6.07, 6.45) is 9.93. The molecule has 1 aliphatic heterocycles. The van der Waals surface area contributed by atoms with Gasteiger partial charge >= 0.3 is 0 Å². The third-order valence-electron chi connectivity index (χ3n) is 5.73. The van der Waals surface area contributed by atoms with Crippen molar-refractivity contribution in [1.82, 2.24) is 24.3 Å². The quantitative estimate of drug-likeness (QED) is 0.567. The highest BCUT2D eigenvalue weighted by Gasteiger charge is 2.32.